The number of nitrogens with zero attached hydrogens (tertiary/aromatic N) is 2. The third-order valence-corrected chi connectivity index (χ3v) is 1.37. The highest BCUT2D eigenvalue weighted by atomic mass is 14.8. The Morgan fingerprint density at radius 2 is 2.00 bits per heavy atom. The molecule has 0 saturated heterocycles. The third-order valence-electron chi connectivity index (χ3n) is 1.37. The predicted molar refractivity (Wildman–Crippen MR) is 43.9 cm³/mol. The van der Waals surface area contributed by atoms with Crippen molar-refractivity contribution >= 4 is 12.3 Å². The lowest BCUT2D eigenvalue weighted by atomic mass is 9.52. The molecule has 0 aromatic carbocycles. The minimum Gasteiger partial charge on any atom is -0.265 e. The maximum atomic E-state index is 4.31. The summed E-state index contributed by atoms with van der Waals surface area (Å²) in [6.45, 7) is 6.67. The average molecular weight is 134 g/mol. The van der Waals surface area contributed by atoms with E-state index in [1.54, 1.807) is 6.20 Å². The van der Waals surface area contributed by atoms with Crippen LogP contribution in [0.5, 0.6) is 0 Å². The number of hydrogen-bond acceptors (Lipinski definition) is 2. The summed E-state index contributed by atoms with van der Waals surface area (Å²) in [5.74, 6) is 0. The Balaban J connectivity index is 2.96. The van der Waals surface area contributed by atoms with Crippen LogP contribution in [-0.4, -0.2) is 16.7 Å². The topological polar surface area (TPSA) is 25.8 Å². The van der Waals surface area contributed by atoms with Crippen LogP contribution in [0.25, 0.3) is 0 Å². The van der Waals surface area contributed by atoms with E-state index in [2.05, 4.69) is 23.6 Å². The van der Waals surface area contributed by atoms with E-state index in [0.29, 0.717) is 6.71 Å². The second kappa shape index (κ2) is 2.82. The first-order chi connectivity index (χ1) is 4.70. The Labute approximate surface area is 61.8 Å². The predicted octanol–water partition coefficient (Wildman–Crippen LogP) is 0.746. The lowest BCUT2D eigenvalue weighted by Crippen LogP contribution is -2.26. The van der Waals surface area contributed by atoms with Gasteiger partial charge in [-0.1, -0.05) is 13.6 Å². The van der Waals surface area contributed by atoms with Gasteiger partial charge in [0, 0.05) is 18.0 Å². The molecule has 0 unspecified atom stereocenters. The normalized spacial score (nSPS) is 9.50. The Morgan fingerprint density at radius 3 is 2.40 bits per heavy atom. The molecule has 0 fully saturated rings. The maximum absolute atomic E-state index is 4.31. The van der Waals surface area contributed by atoms with Crippen molar-refractivity contribution in [3.05, 3.63) is 18.1 Å². The first kappa shape index (κ1) is 7.25. The zero-order valence-electron chi connectivity index (χ0n) is 6.63. The van der Waals surface area contributed by atoms with Gasteiger partial charge in [-0.2, -0.15) is 0 Å². The largest absolute Gasteiger partial charge is 0.265 e. The van der Waals surface area contributed by atoms with Crippen molar-refractivity contribution in [2.75, 3.05) is 0 Å². The zero-order chi connectivity index (χ0) is 7.56. The molecule has 1 heterocycles. The van der Waals surface area contributed by atoms with Crippen LogP contribution in [0.2, 0.25) is 13.6 Å². The van der Waals surface area contributed by atoms with Gasteiger partial charge in [-0.05, 0) is 6.92 Å². The highest BCUT2D eigenvalue weighted by Crippen LogP contribution is 1.85. The molecule has 0 saturated carbocycles. The quantitative estimate of drug-likeness (QED) is 0.529. The number of aromatic nitrogens is 2. The number of rotatable bonds is 1. The fourth-order valence-corrected chi connectivity index (χ4v) is 0.761. The highest BCUT2D eigenvalue weighted by molar-refractivity contribution is 6.69. The SMILES string of the molecule is CB(C)c1cncc(C)n1. The lowest BCUT2D eigenvalue weighted by Gasteiger charge is -1.99. The van der Waals surface area contributed by atoms with Crippen molar-refractivity contribution < 1.29 is 0 Å². The molecule has 52 valence electrons. The number of aryl methyl sites for hydroxylation is 1. The van der Waals surface area contributed by atoms with Gasteiger partial charge in [-0.3, -0.25) is 9.97 Å². The summed E-state index contributed by atoms with van der Waals surface area (Å²) in [5, 5.41) is 0. The molecule has 1 aromatic heterocycles. The van der Waals surface area contributed by atoms with Crippen molar-refractivity contribution in [1.29, 1.82) is 0 Å². The van der Waals surface area contributed by atoms with E-state index in [4.69, 9.17) is 0 Å². The smallest absolute Gasteiger partial charge is 0.196 e. The zero-order valence-corrected chi connectivity index (χ0v) is 6.63. The first-order valence-electron chi connectivity index (χ1n) is 3.48. The third kappa shape index (κ3) is 1.56. The second-order valence-corrected chi connectivity index (χ2v) is 2.74. The molecule has 0 atom stereocenters. The standard InChI is InChI=1S/C7H11BN2/c1-6-4-9-5-7(10-6)8(2)3/h4-5H,1-3H3. The average Bonchev–Trinajstić information content (AvgIpc) is 1.88. The van der Waals surface area contributed by atoms with E-state index in [1.807, 2.05) is 13.1 Å². The van der Waals surface area contributed by atoms with Crippen molar-refractivity contribution in [2.45, 2.75) is 20.6 Å². The van der Waals surface area contributed by atoms with E-state index >= 15 is 0 Å². The molecular weight excluding hydrogens is 123 g/mol. The summed E-state index contributed by atoms with van der Waals surface area (Å²) in [5.41, 5.74) is 2.06. The first-order valence-corrected chi connectivity index (χ1v) is 3.48. The fraction of sp³-hybridized carbons (Fsp3) is 0.429. The molecule has 0 radical (unpaired) electrons. The summed E-state index contributed by atoms with van der Waals surface area (Å²) in [7, 11) is 0. The van der Waals surface area contributed by atoms with E-state index in [-0.39, 0.29) is 0 Å². The monoisotopic (exact) mass is 134 g/mol. The van der Waals surface area contributed by atoms with Gasteiger partial charge in [0.25, 0.3) is 0 Å². The van der Waals surface area contributed by atoms with Crippen LogP contribution in [0.15, 0.2) is 12.4 Å². The molecule has 0 spiro atoms. The number of hydrogen-bond donors (Lipinski definition) is 0. The van der Waals surface area contributed by atoms with Gasteiger partial charge in [0.2, 0.25) is 0 Å². The molecule has 0 aliphatic heterocycles. The summed E-state index contributed by atoms with van der Waals surface area (Å²) in [6.07, 6.45) is 3.59. The van der Waals surface area contributed by atoms with Crippen molar-refractivity contribution in [1.82, 2.24) is 9.97 Å². The Kier molecular flexibility index (Phi) is 2.04. The van der Waals surface area contributed by atoms with E-state index < -0.39 is 0 Å². The summed E-state index contributed by atoms with van der Waals surface area (Å²) < 4.78 is 0. The van der Waals surface area contributed by atoms with Crippen LogP contribution in [0.4, 0.5) is 0 Å². The van der Waals surface area contributed by atoms with Crippen LogP contribution < -0.4 is 5.59 Å². The van der Waals surface area contributed by atoms with Crippen LogP contribution in [0.3, 0.4) is 0 Å². The maximum Gasteiger partial charge on any atom is 0.196 e. The molecule has 0 N–H and O–H groups in total. The van der Waals surface area contributed by atoms with Crippen LogP contribution in [0.1, 0.15) is 5.69 Å². The van der Waals surface area contributed by atoms with Crippen LogP contribution in [0, 0.1) is 6.92 Å². The van der Waals surface area contributed by atoms with E-state index in [1.165, 1.54) is 0 Å². The minimum absolute atomic E-state index is 0.479. The summed E-state index contributed by atoms with van der Waals surface area (Å²) >= 11 is 0. The molecule has 0 aliphatic rings. The van der Waals surface area contributed by atoms with E-state index in [0.717, 1.165) is 11.3 Å². The van der Waals surface area contributed by atoms with Gasteiger partial charge >= 0.3 is 0 Å². The molecule has 1 aromatic rings. The molecule has 1 rings (SSSR count). The second-order valence-electron chi connectivity index (χ2n) is 2.74. The van der Waals surface area contributed by atoms with Gasteiger partial charge in [0.1, 0.15) is 0 Å². The Morgan fingerprint density at radius 1 is 1.30 bits per heavy atom. The Bertz CT molecular complexity index is 223. The Hall–Kier alpha value is -0.855. The molecular formula is C7H11BN2. The van der Waals surface area contributed by atoms with Gasteiger partial charge in [0.15, 0.2) is 6.71 Å². The molecule has 3 heteroatoms. The molecule has 0 aliphatic carbocycles. The molecule has 2 nitrogen and oxygen atoms in total. The molecule has 10 heavy (non-hydrogen) atoms. The van der Waals surface area contributed by atoms with Gasteiger partial charge in [-0.15, -0.1) is 0 Å². The minimum atomic E-state index is 0.479. The molecule has 0 bridgehead atoms. The van der Waals surface area contributed by atoms with Crippen molar-refractivity contribution in [3.63, 3.8) is 0 Å². The summed E-state index contributed by atoms with van der Waals surface area (Å²) in [6, 6.07) is 0. The molecule has 0 amide bonds. The van der Waals surface area contributed by atoms with Crippen LogP contribution >= 0.6 is 0 Å². The highest BCUT2D eigenvalue weighted by Gasteiger charge is 2.03. The van der Waals surface area contributed by atoms with Crippen molar-refractivity contribution in [3.8, 4) is 0 Å². The van der Waals surface area contributed by atoms with Gasteiger partial charge in [-0.25, -0.2) is 0 Å². The van der Waals surface area contributed by atoms with Gasteiger partial charge in [0.05, 0.1) is 5.69 Å². The van der Waals surface area contributed by atoms with Crippen LogP contribution in [-0.2, 0) is 0 Å². The fourth-order valence-electron chi connectivity index (χ4n) is 0.761. The van der Waals surface area contributed by atoms with Gasteiger partial charge < -0.3 is 0 Å². The summed E-state index contributed by atoms with van der Waals surface area (Å²) in [4.78, 5) is 8.35. The van der Waals surface area contributed by atoms with Crippen molar-refractivity contribution in [2.24, 2.45) is 0 Å². The lowest BCUT2D eigenvalue weighted by molar-refractivity contribution is 1.15. The van der Waals surface area contributed by atoms with E-state index in [9.17, 15) is 0 Å².